The number of halogens is 3. The minimum atomic E-state index is -0.677. The van der Waals surface area contributed by atoms with Gasteiger partial charge in [0.15, 0.2) is 11.6 Å². The number of nitriles is 1. The molecule has 1 fully saturated rings. The third-order valence-electron chi connectivity index (χ3n) is 4.17. The van der Waals surface area contributed by atoms with Gasteiger partial charge in [0.25, 0.3) is 0 Å². The van der Waals surface area contributed by atoms with Crippen LogP contribution in [-0.4, -0.2) is 24.1 Å². The van der Waals surface area contributed by atoms with Gasteiger partial charge in [-0.25, -0.2) is 13.8 Å². The lowest BCUT2D eigenvalue weighted by molar-refractivity contribution is 0.490. The highest BCUT2D eigenvalue weighted by Crippen LogP contribution is 2.35. The number of hydrogen-bond donors (Lipinski definition) is 1. The molecule has 1 aliphatic heterocycles. The van der Waals surface area contributed by atoms with E-state index in [1.807, 2.05) is 4.90 Å². The molecule has 1 aromatic carbocycles. The Hall–Kier alpha value is -2.04. The summed E-state index contributed by atoms with van der Waals surface area (Å²) >= 11 is 3.28. The lowest BCUT2D eigenvalue weighted by Crippen LogP contribution is -2.40. The van der Waals surface area contributed by atoms with Crippen LogP contribution in [0.25, 0.3) is 11.1 Å². The van der Waals surface area contributed by atoms with E-state index in [1.165, 1.54) is 18.3 Å². The summed E-state index contributed by atoms with van der Waals surface area (Å²) in [6.45, 7) is 1.27. The Morgan fingerprint density at radius 3 is 2.62 bits per heavy atom. The summed E-state index contributed by atoms with van der Waals surface area (Å²) in [4.78, 5) is 6.04. The van der Waals surface area contributed by atoms with Crippen LogP contribution in [0.2, 0.25) is 0 Å². The van der Waals surface area contributed by atoms with Gasteiger partial charge in [-0.2, -0.15) is 5.26 Å². The lowest BCUT2D eigenvalue weighted by Gasteiger charge is -2.31. The van der Waals surface area contributed by atoms with Crippen molar-refractivity contribution < 1.29 is 8.78 Å². The maximum Gasteiger partial charge on any atom is 0.174 e. The topological polar surface area (TPSA) is 65.9 Å². The molecule has 1 saturated heterocycles. The highest BCUT2D eigenvalue weighted by atomic mass is 79.9. The van der Waals surface area contributed by atoms with E-state index in [4.69, 9.17) is 11.0 Å². The van der Waals surface area contributed by atoms with Gasteiger partial charge in [-0.05, 0) is 46.5 Å². The van der Waals surface area contributed by atoms with Crippen molar-refractivity contribution in [3.8, 4) is 17.2 Å². The first kappa shape index (κ1) is 16.8. The third-order valence-corrected chi connectivity index (χ3v) is 4.77. The molecule has 0 atom stereocenters. The number of rotatable bonds is 2. The number of piperidine rings is 1. The monoisotopic (exact) mass is 392 g/mol. The highest BCUT2D eigenvalue weighted by molar-refractivity contribution is 9.10. The van der Waals surface area contributed by atoms with Crippen molar-refractivity contribution in [2.75, 3.05) is 18.0 Å². The third kappa shape index (κ3) is 3.12. The Morgan fingerprint density at radius 1 is 1.29 bits per heavy atom. The SMILES string of the molecule is N#Cc1ccc(-c2c(Br)cnc(N3CCC(N)CC3)c2F)cc1F. The van der Waals surface area contributed by atoms with E-state index >= 15 is 4.39 Å². The summed E-state index contributed by atoms with van der Waals surface area (Å²) in [5.41, 5.74) is 6.40. The summed E-state index contributed by atoms with van der Waals surface area (Å²) in [6.07, 6.45) is 3.06. The van der Waals surface area contributed by atoms with E-state index in [-0.39, 0.29) is 23.0 Å². The summed E-state index contributed by atoms with van der Waals surface area (Å²) < 4.78 is 29.4. The fourth-order valence-electron chi connectivity index (χ4n) is 2.81. The maximum absolute atomic E-state index is 15.1. The van der Waals surface area contributed by atoms with Crippen LogP contribution in [-0.2, 0) is 0 Å². The molecule has 3 rings (SSSR count). The smallest absolute Gasteiger partial charge is 0.174 e. The number of benzene rings is 1. The van der Waals surface area contributed by atoms with Crippen molar-refractivity contribution in [3.63, 3.8) is 0 Å². The molecule has 0 radical (unpaired) electrons. The van der Waals surface area contributed by atoms with Gasteiger partial charge in [0.05, 0.1) is 5.56 Å². The van der Waals surface area contributed by atoms with Crippen molar-refractivity contribution in [1.82, 2.24) is 4.98 Å². The van der Waals surface area contributed by atoms with Crippen molar-refractivity contribution in [1.29, 1.82) is 5.26 Å². The summed E-state index contributed by atoms with van der Waals surface area (Å²) in [6, 6.07) is 5.93. The Kier molecular flexibility index (Phi) is 4.78. The molecule has 0 saturated carbocycles. The summed E-state index contributed by atoms with van der Waals surface area (Å²) in [7, 11) is 0. The van der Waals surface area contributed by atoms with Gasteiger partial charge in [0.2, 0.25) is 0 Å². The van der Waals surface area contributed by atoms with Crippen molar-refractivity contribution >= 4 is 21.7 Å². The largest absolute Gasteiger partial charge is 0.354 e. The highest BCUT2D eigenvalue weighted by Gasteiger charge is 2.23. The van der Waals surface area contributed by atoms with E-state index in [1.54, 1.807) is 6.07 Å². The molecule has 0 bridgehead atoms. The molecule has 2 N–H and O–H groups in total. The fourth-order valence-corrected chi connectivity index (χ4v) is 3.32. The zero-order valence-electron chi connectivity index (χ0n) is 12.8. The first-order valence-electron chi connectivity index (χ1n) is 7.55. The molecule has 0 amide bonds. The molecule has 4 nitrogen and oxygen atoms in total. The van der Waals surface area contributed by atoms with Crippen LogP contribution < -0.4 is 10.6 Å². The minimum Gasteiger partial charge on any atom is -0.354 e. The van der Waals surface area contributed by atoms with Crippen LogP contribution >= 0.6 is 15.9 Å². The summed E-state index contributed by atoms with van der Waals surface area (Å²) in [5.74, 6) is -0.947. The fraction of sp³-hybridized carbons (Fsp3) is 0.294. The first-order chi connectivity index (χ1) is 11.5. The average molecular weight is 393 g/mol. The van der Waals surface area contributed by atoms with Crippen LogP contribution in [0.4, 0.5) is 14.6 Å². The number of anilines is 1. The molecule has 124 valence electrons. The second kappa shape index (κ2) is 6.83. The number of nitrogens with two attached hydrogens (primary N) is 1. The zero-order valence-corrected chi connectivity index (χ0v) is 14.4. The number of hydrogen-bond acceptors (Lipinski definition) is 4. The Bertz CT molecular complexity index is 811. The molecule has 0 aliphatic carbocycles. The summed E-state index contributed by atoms with van der Waals surface area (Å²) in [5, 5.41) is 8.82. The Balaban J connectivity index is 2.04. The Morgan fingerprint density at radius 2 is 2.00 bits per heavy atom. The molecule has 2 heterocycles. The minimum absolute atomic E-state index is 0.0745. The van der Waals surface area contributed by atoms with Crippen molar-refractivity contribution in [3.05, 3.63) is 46.1 Å². The molecule has 0 unspecified atom stereocenters. The van der Waals surface area contributed by atoms with E-state index in [9.17, 15) is 4.39 Å². The van der Waals surface area contributed by atoms with E-state index in [0.717, 1.165) is 18.9 Å². The molecule has 1 aliphatic rings. The molecule has 7 heteroatoms. The standard InChI is InChI=1S/C17H15BrF2N4/c18-13-9-23-17(24-5-3-12(22)4-6-24)16(20)15(13)10-1-2-11(8-21)14(19)7-10/h1-2,7,9,12H,3-6,22H2. The average Bonchev–Trinajstić information content (AvgIpc) is 2.56. The van der Waals surface area contributed by atoms with Crippen molar-refractivity contribution in [2.45, 2.75) is 18.9 Å². The normalized spacial score (nSPS) is 15.4. The van der Waals surface area contributed by atoms with Gasteiger partial charge < -0.3 is 10.6 Å². The number of aromatic nitrogens is 1. The molecular weight excluding hydrogens is 378 g/mol. The lowest BCUT2D eigenvalue weighted by atomic mass is 10.0. The number of pyridine rings is 1. The first-order valence-corrected chi connectivity index (χ1v) is 8.35. The van der Waals surface area contributed by atoms with Crippen LogP contribution in [0.3, 0.4) is 0 Å². The molecule has 2 aromatic rings. The molecule has 1 aromatic heterocycles. The van der Waals surface area contributed by atoms with Crippen LogP contribution in [0.15, 0.2) is 28.9 Å². The van der Waals surface area contributed by atoms with Gasteiger partial charge in [-0.1, -0.05) is 6.07 Å². The van der Waals surface area contributed by atoms with Crippen LogP contribution in [0, 0.1) is 23.0 Å². The van der Waals surface area contributed by atoms with Crippen molar-refractivity contribution in [2.24, 2.45) is 5.73 Å². The second-order valence-corrected chi connectivity index (χ2v) is 6.60. The molecule has 24 heavy (non-hydrogen) atoms. The van der Waals surface area contributed by atoms with Gasteiger partial charge >= 0.3 is 0 Å². The van der Waals surface area contributed by atoms with E-state index in [0.29, 0.717) is 23.1 Å². The zero-order chi connectivity index (χ0) is 17.3. The quantitative estimate of drug-likeness (QED) is 0.847. The predicted molar refractivity (Wildman–Crippen MR) is 91.4 cm³/mol. The van der Waals surface area contributed by atoms with Gasteiger partial charge in [0, 0.05) is 35.4 Å². The van der Waals surface area contributed by atoms with Crippen LogP contribution in [0.5, 0.6) is 0 Å². The number of nitrogens with zero attached hydrogens (tertiary/aromatic N) is 3. The molecular formula is C17H15BrF2N4. The second-order valence-electron chi connectivity index (χ2n) is 5.75. The maximum atomic E-state index is 15.1. The van der Waals surface area contributed by atoms with E-state index in [2.05, 4.69) is 20.9 Å². The Labute approximate surface area is 147 Å². The van der Waals surface area contributed by atoms with Gasteiger partial charge in [0.1, 0.15) is 11.9 Å². The van der Waals surface area contributed by atoms with Gasteiger partial charge in [-0.15, -0.1) is 0 Å². The predicted octanol–water partition coefficient (Wildman–Crippen LogP) is 3.59. The van der Waals surface area contributed by atoms with Gasteiger partial charge in [-0.3, -0.25) is 0 Å². The van der Waals surface area contributed by atoms with Crippen LogP contribution in [0.1, 0.15) is 18.4 Å². The van der Waals surface area contributed by atoms with E-state index < -0.39 is 11.6 Å². The molecule has 0 spiro atoms.